The molecule has 0 heterocycles. The van der Waals surface area contributed by atoms with Gasteiger partial charge in [-0.1, -0.05) is 60.2 Å². The molecule has 3 rings (SSSR count). The largest absolute Gasteiger partial charge is 0.314 e. The molecule has 0 amide bonds. The lowest BCUT2D eigenvalue weighted by atomic mass is 9.76. The van der Waals surface area contributed by atoms with Crippen molar-refractivity contribution in [3.05, 3.63) is 34.3 Å². The van der Waals surface area contributed by atoms with Crippen LogP contribution in [0.4, 0.5) is 0 Å². The van der Waals surface area contributed by atoms with Crippen LogP contribution in [0.25, 0.3) is 0 Å². The van der Waals surface area contributed by atoms with Gasteiger partial charge in [-0.15, -0.1) is 0 Å². The first-order valence-corrected chi connectivity index (χ1v) is 9.09. The topological polar surface area (TPSA) is 12.0 Å². The van der Waals surface area contributed by atoms with Crippen molar-refractivity contribution in [2.75, 3.05) is 6.54 Å². The van der Waals surface area contributed by atoms with Crippen LogP contribution in [0, 0.1) is 5.92 Å². The molecule has 0 saturated heterocycles. The maximum atomic E-state index is 3.77. The molecule has 2 fully saturated rings. The molecule has 20 heavy (non-hydrogen) atoms. The van der Waals surface area contributed by atoms with E-state index in [4.69, 9.17) is 0 Å². The van der Waals surface area contributed by atoms with Crippen molar-refractivity contribution in [2.45, 2.75) is 63.3 Å². The predicted octanol–water partition coefficient (Wildman–Crippen LogP) is 5.26. The molecule has 2 heteroatoms. The highest BCUT2D eigenvalue weighted by Gasteiger charge is 2.29. The lowest BCUT2D eigenvalue weighted by Crippen LogP contribution is -2.40. The van der Waals surface area contributed by atoms with Gasteiger partial charge in [0.05, 0.1) is 0 Å². The minimum Gasteiger partial charge on any atom is -0.314 e. The van der Waals surface area contributed by atoms with E-state index >= 15 is 0 Å². The van der Waals surface area contributed by atoms with E-state index in [0.29, 0.717) is 0 Å². The van der Waals surface area contributed by atoms with Crippen LogP contribution in [-0.2, 0) is 0 Å². The molecular formula is C18H26BrN. The minimum atomic E-state index is 0.766. The van der Waals surface area contributed by atoms with Crippen LogP contribution >= 0.6 is 15.9 Å². The molecule has 1 N–H and O–H groups in total. The molecule has 0 spiro atoms. The SMILES string of the molecule is Brc1cccc(C2CC(NCCC3CCCCC3)C2)c1. The Labute approximate surface area is 131 Å². The van der Waals surface area contributed by atoms with Crippen molar-refractivity contribution < 1.29 is 0 Å². The van der Waals surface area contributed by atoms with Crippen LogP contribution in [0.1, 0.15) is 62.8 Å². The molecule has 110 valence electrons. The van der Waals surface area contributed by atoms with E-state index in [1.54, 1.807) is 0 Å². The van der Waals surface area contributed by atoms with E-state index in [1.165, 1.54) is 67.9 Å². The van der Waals surface area contributed by atoms with Gasteiger partial charge in [-0.2, -0.15) is 0 Å². The lowest BCUT2D eigenvalue weighted by molar-refractivity contribution is 0.270. The summed E-state index contributed by atoms with van der Waals surface area (Å²) in [6, 6.07) is 9.59. The molecule has 1 aromatic carbocycles. The third-order valence-corrected chi connectivity index (χ3v) is 5.66. The Balaban J connectivity index is 1.34. The zero-order chi connectivity index (χ0) is 13.8. The van der Waals surface area contributed by atoms with E-state index in [-0.39, 0.29) is 0 Å². The standard InChI is InChI=1S/C18H26BrN/c19-17-8-4-7-15(11-17)16-12-18(13-16)20-10-9-14-5-2-1-3-6-14/h4,7-8,11,14,16,18,20H,1-3,5-6,9-10,12-13H2. The van der Waals surface area contributed by atoms with E-state index < -0.39 is 0 Å². The summed E-state index contributed by atoms with van der Waals surface area (Å²) >= 11 is 3.57. The molecule has 0 radical (unpaired) electrons. The van der Waals surface area contributed by atoms with Gasteiger partial charge < -0.3 is 5.32 Å². The summed E-state index contributed by atoms with van der Waals surface area (Å²) in [5, 5.41) is 3.77. The minimum absolute atomic E-state index is 0.766. The average Bonchev–Trinajstić information content (AvgIpc) is 2.42. The Hall–Kier alpha value is -0.340. The molecule has 1 nitrogen and oxygen atoms in total. The Bertz CT molecular complexity index is 419. The van der Waals surface area contributed by atoms with Gasteiger partial charge >= 0.3 is 0 Å². The molecule has 0 aromatic heterocycles. The first kappa shape index (κ1) is 14.6. The fourth-order valence-corrected chi connectivity index (χ4v) is 4.20. The normalized spacial score (nSPS) is 27.2. The number of rotatable bonds is 5. The number of halogens is 1. The second-order valence-corrected chi connectivity index (χ2v) is 7.58. The van der Waals surface area contributed by atoms with Gasteiger partial charge in [-0.25, -0.2) is 0 Å². The summed E-state index contributed by atoms with van der Waals surface area (Å²) < 4.78 is 1.21. The Morgan fingerprint density at radius 2 is 1.90 bits per heavy atom. The maximum Gasteiger partial charge on any atom is 0.0178 e. The maximum absolute atomic E-state index is 3.77. The molecule has 1 aromatic rings. The first-order chi connectivity index (χ1) is 9.81. The van der Waals surface area contributed by atoms with Gasteiger partial charge in [-0.3, -0.25) is 0 Å². The second kappa shape index (κ2) is 7.09. The third kappa shape index (κ3) is 3.85. The summed E-state index contributed by atoms with van der Waals surface area (Å²) in [5.74, 6) is 1.79. The lowest BCUT2D eigenvalue weighted by Gasteiger charge is -2.37. The monoisotopic (exact) mass is 335 g/mol. The van der Waals surface area contributed by atoms with Gasteiger partial charge in [0, 0.05) is 10.5 Å². The van der Waals surface area contributed by atoms with E-state index in [1.807, 2.05) is 0 Å². The van der Waals surface area contributed by atoms with Crippen LogP contribution < -0.4 is 5.32 Å². The Morgan fingerprint density at radius 3 is 2.65 bits per heavy atom. The zero-order valence-corrected chi connectivity index (χ0v) is 13.9. The van der Waals surface area contributed by atoms with Gasteiger partial charge in [0.25, 0.3) is 0 Å². The predicted molar refractivity (Wildman–Crippen MR) is 89.1 cm³/mol. The Kier molecular flexibility index (Phi) is 5.17. The smallest absolute Gasteiger partial charge is 0.0178 e. The van der Waals surface area contributed by atoms with Crippen LogP contribution in [-0.4, -0.2) is 12.6 Å². The highest BCUT2D eigenvalue weighted by Crippen LogP contribution is 2.37. The summed E-state index contributed by atoms with van der Waals surface area (Å²) in [5.41, 5.74) is 1.50. The van der Waals surface area contributed by atoms with Crippen LogP contribution in [0.15, 0.2) is 28.7 Å². The van der Waals surface area contributed by atoms with Crippen molar-refractivity contribution >= 4 is 15.9 Å². The first-order valence-electron chi connectivity index (χ1n) is 8.30. The van der Waals surface area contributed by atoms with E-state index in [2.05, 4.69) is 45.5 Å². The highest BCUT2D eigenvalue weighted by molar-refractivity contribution is 9.10. The van der Waals surface area contributed by atoms with Gasteiger partial charge in [0.15, 0.2) is 0 Å². The van der Waals surface area contributed by atoms with Crippen molar-refractivity contribution in [3.8, 4) is 0 Å². The van der Waals surface area contributed by atoms with E-state index in [9.17, 15) is 0 Å². The number of nitrogens with one attached hydrogen (secondary N) is 1. The fourth-order valence-electron chi connectivity index (χ4n) is 3.78. The molecular weight excluding hydrogens is 310 g/mol. The van der Waals surface area contributed by atoms with Crippen molar-refractivity contribution in [1.29, 1.82) is 0 Å². The van der Waals surface area contributed by atoms with Crippen molar-refractivity contribution in [2.24, 2.45) is 5.92 Å². The molecule has 2 saturated carbocycles. The zero-order valence-electron chi connectivity index (χ0n) is 12.3. The van der Waals surface area contributed by atoms with Crippen LogP contribution in [0.3, 0.4) is 0 Å². The van der Waals surface area contributed by atoms with Gasteiger partial charge in [0.2, 0.25) is 0 Å². The number of hydrogen-bond donors (Lipinski definition) is 1. The van der Waals surface area contributed by atoms with Crippen molar-refractivity contribution in [1.82, 2.24) is 5.32 Å². The average molecular weight is 336 g/mol. The Morgan fingerprint density at radius 1 is 1.10 bits per heavy atom. The van der Waals surface area contributed by atoms with Gasteiger partial charge in [0.1, 0.15) is 0 Å². The molecule has 0 aliphatic heterocycles. The molecule has 0 unspecified atom stereocenters. The van der Waals surface area contributed by atoms with E-state index in [0.717, 1.165) is 17.9 Å². The quantitative estimate of drug-likeness (QED) is 0.774. The van der Waals surface area contributed by atoms with Gasteiger partial charge in [-0.05, 0) is 55.3 Å². The highest BCUT2D eigenvalue weighted by atomic mass is 79.9. The number of benzene rings is 1. The van der Waals surface area contributed by atoms with Crippen LogP contribution in [0.5, 0.6) is 0 Å². The second-order valence-electron chi connectivity index (χ2n) is 6.67. The molecule has 2 aliphatic carbocycles. The summed E-state index contributed by atoms with van der Waals surface area (Å²) in [4.78, 5) is 0. The molecule has 2 aliphatic rings. The number of hydrogen-bond acceptors (Lipinski definition) is 1. The third-order valence-electron chi connectivity index (χ3n) is 5.17. The summed E-state index contributed by atoms with van der Waals surface area (Å²) in [6.07, 6.45) is 11.4. The summed E-state index contributed by atoms with van der Waals surface area (Å²) in [6.45, 7) is 1.24. The fraction of sp³-hybridized carbons (Fsp3) is 0.667. The van der Waals surface area contributed by atoms with Crippen molar-refractivity contribution in [3.63, 3.8) is 0 Å². The van der Waals surface area contributed by atoms with Crippen LogP contribution in [0.2, 0.25) is 0 Å². The molecule has 0 bridgehead atoms. The summed E-state index contributed by atoms with van der Waals surface area (Å²) in [7, 11) is 0. The molecule has 0 atom stereocenters.